The van der Waals surface area contributed by atoms with Crippen LogP contribution >= 0.6 is 22.6 Å². The highest BCUT2D eigenvalue weighted by Crippen LogP contribution is 2.23. The number of para-hydroxylation sites is 1. The zero-order valence-electron chi connectivity index (χ0n) is 13.6. The van der Waals surface area contributed by atoms with Gasteiger partial charge in [0.1, 0.15) is 5.75 Å². The highest BCUT2D eigenvalue weighted by atomic mass is 127. The normalized spacial score (nSPS) is 11.1. The summed E-state index contributed by atoms with van der Waals surface area (Å²) in [5.74, 6) is 0.0831. The molecule has 0 saturated heterocycles. The molecule has 0 aliphatic rings. The van der Waals surface area contributed by atoms with Crippen molar-refractivity contribution in [1.29, 1.82) is 0 Å². The summed E-state index contributed by atoms with van der Waals surface area (Å²) in [5, 5.41) is 0. The lowest BCUT2D eigenvalue weighted by Gasteiger charge is -2.07. The number of carbonyl (C=O) groups excluding carboxylic acids is 1. The van der Waals surface area contributed by atoms with Crippen LogP contribution in [0, 0.1) is 3.57 Å². The first-order valence-electron chi connectivity index (χ1n) is 7.80. The van der Waals surface area contributed by atoms with Gasteiger partial charge in [0.2, 0.25) is 9.84 Å². The van der Waals surface area contributed by atoms with E-state index in [1.54, 1.807) is 54.6 Å². The lowest BCUT2D eigenvalue weighted by Crippen LogP contribution is -2.11. The number of ether oxygens (including phenoxy) is 1. The Labute approximate surface area is 165 Å². The minimum atomic E-state index is -3.58. The third-order valence-electron chi connectivity index (χ3n) is 3.66. The van der Waals surface area contributed by atoms with Crippen molar-refractivity contribution in [2.45, 2.75) is 16.2 Å². The van der Waals surface area contributed by atoms with Gasteiger partial charge in [-0.15, -0.1) is 0 Å². The van der Waals surface area contributed by atoms with Crippen LogP contribution in [0.25, 0.3) is 0 Å². The summed E-state index contributed by atoms with van der Waals surface area (Å²) in [6.45, 7) is 0. The minimum Gasteiger partial charge on any atom is -0.426 e. The summed E-state index contributed by atoms with van der Waals surface area (Å²) in [5.41, 5.74) is 0.688. The van der Waals surface area contributed by atoms with Crippen molar-refractivity contribution < 1.29 is 17.9 Å². The Kier molecular flexibility index (Phi) is 5.73. The maximum Gasteiger partial charge on any atom is 0.315 e. The Bertz CT molecular complexity index is 1010. The Morgan fingerprint density at radius 3 is 2.19 bits per heavy atom. The Hall–Kier alpha value is -2.19. The van der Waals surface area contributed by atoms with E-state index in [-0.39, 0.29) is 16.2 Å². The number of hydrogen-bond acceptors (Lipinski definition) is 4. The van der Waals surface area contributed by atoms with Crippen LogP contribution in [0.3, 0.4) is 0 Å². The number of carbonyl (C=O) groups is 1. The van der Waals surface area contributed by atoms with E-state index in [1.165, 1.54) is 12.1 Å². The maximum absolute atomic E-state index is 12.7. The molecule has 0 amide bonds. The smallest absolute Gasteiger partial charge is 0.315 e. The summed E-state index contributed by atoms with van der Waals surface area (Å²) in [6.07, 6.45) is 0.0679. The number of benzene rings is 3. The van der Waals surface area contributed by atoms with Crippen LogP contribution in [0.5, 0.6) is 5.75 Å². The van der Waals surface area contributed by atoms with E-state index >= 15 is 0 Å². The molecule has 0 bridgehead atoms. The fourth-order valence-electron chi connectivity index (χ4n) is 2.38. The van der Waals surface area contributed by atoms with Gasteiger partial charge in [0.15, 0.2) is 0 Å². The average Bonchev–Trinajstić information content (AvgIpc) is 2.63. The van der Waals surface area contributed by atoms with Gasteiger partial charge in [-0.3, -0.25) is 4.79 Å². The SMILES string of the molecule is O=C(Cc1ccc(S(=O)(=O)c2cccc(I)c2)cc1)Oc1ccccc1. The molecule has 0 aliphatic heterocycles. The van der Waals surface area contributed by atoms with Gasteiger partial charge in [-0.25, -0.2) is 8.42 Å². The minimum absolute atomic E-state index is 0.0679. The first-order chi connectivity index (χ1) is 12.4. The second-order valence-electron chi connectivity index (χ2n) is 5.57. The van der Waals surface area contributed by atoms with Crippen LogP contribution in [0.4, 0.5) is 0 Å². The van der Waals surface area contributed by atoms with Crippen molar-refractivity contribution in [3.05, 3.63) is 88.0 Å². The molecular formula is C20H15IO4S. The summed E-state index contributed by atoms with van der Waals surface area (Å²) in [4.78, 5) is 12.4. The lowest BCUT2D eigenvalue weighted by atomic mass is 10.1. The quantitative estimate of drug-likeness (QED) is 0.312. The Morgan fingerprint density at radius 1 is 0.846 bits per heavy atom. The van der Waals surface area contributed by atoms with E-state index in [0.717, 1.165) is 3.57 Å². The molecule has 0 unspecified atom stereocenters. The predicted molar refractivity (Wildman–Crippen MR) is 107 cm³/mol. The number of esters is 1. The molecule has 0 N–H and O–H groups in total. The molecule has 3 aromatic rings. The first-order valence-corrected chi connectivity index (χ1v) is 10.4. The summed E-state index contributed by atoms with van der Waals surface area (Å²) >= 11 is 2.08. The molecule has 4 nitrogen and oxygen atoms in total. The van der Waals surface area contributed by atoms with Crippen LogP contribution in [0.15, 0.2) is 88.7 Å². The molecule has 0 heterocycles. The van der Waals surface area contributed by atoms with Crippen LogP contribution in [-0.4, -0.2) is 14.4 Å². The van der Waals surface area contributed by atoms with Gasteiger partial charge < -0.3 is 4.74 Å². The molecule has 3 rings (SSSR count). The van der Waals surface area contributed by atoms with E-state index in [4.69, 9.17) is 4.74 Å². The van der Waals surface area contributed by atoms with Gasteiger partial charge >= 0.3 is 5.97 Å². The van der Waals surface area contributed by atoms with Crippen LogP contribution < -0.4 is 4.74 Å². The van der Waals surface area contributed by atoms with Crippen LogP contribution in [-0.2, 0) is 21.1 Å². The Balaban J connectivity index is 1.73. The second-order valence-corrected chi connectivity index (χ2v) is 8.76. The Morgan fingerprint density at radius 2 is 1.54 bits per heavy atom. The largest absolute Gasteiger partial charge is 0.426 e. The fraction of sp³-hybridized carbons (Fsp3) is 0.0500. The third kappa shape index (κ3) is 4.50. The third-order valence-corrected chi connectivity index (χ3v) is 6.10. The maximum atomic E-state index is 12.7. The van der Waals surface area contributed by atoms with Gasteiger partial charge in [-0.1, -0.05) is 36.4 Å². The number of rotatable bonds is 5. The van der Waals surface area contributed by atoms with Crippen LogP contribution in [0.1, 0.15) is 5.56 Å². The van der Waals surface area contributed by atoms with E-state index in [2.05, 4.69) is 22.6 Å². The molecule has 0 aliphatic carbocycles. The summed E-state index contributed by atoms with van der Waals surface area (Å²) < 4.78 is 31.4. The molecule has 0 fully saturated rings. The van der Waals surface area contributed by atoms with Gasteiger partial charge in [0.25, 0.3) is 0 Å². The van der Waals surface area contributed by atoms with Crippen molar-refractivity contribution in [2.24, 2.45) is 0 Å². The van der Waals surface area contributed by atoms with E-state index in [9.17, 15) is 13.2 Å². The monoisotopic (exact) mass is 478 g/mol. The molecule has 0 aromatic heterocycles. The number of hydrogen-bond donors (Lipinski definition) is 0. The number of sulfone groups is 1. The van der Waals surface area contributed by atoms with E-state index in [1.807, 2.05) is 12.1 Å². The molecule has 0 radical (unpaired) electrons. The highest BCUT2D eigenvalue weighted by Gasteiger charge is 2.18. The van der Waals surface area contributed by atoms with Crippen molar-refractivity contribution in [3.8, 4) is 5.75 Å². The number of halogens is 1. The van der Waals surface area contributed by atoms with Crippen molar-refractivity contribution in [3.63, 3.8) is 0 Å². The topological polar surface area (TPSA) is 60.4 Å². The molecule has 0 atom stereocenters. The molecular weight excluding hydrogens is 463 g/mol. The van der Waals surface area contributed by atoms with Crippen molar-refractivity contribution in [1.82, 2.24) is 0 Å². The first kappa shape index (κ1) is 18.6. The molecule has 132 valence electrons. The molecule has 26 heavy (non-hydrogen) atoms. The van der Waals surface area contributed by atoms with Gasteiger partial charge in [0.05, 0.1) is 16.2 Å². The second kappa shape index (κ2) is 8.01. The average molecular weight is 478 g/mol. The van der Waals surface area contributed by atoms with Crippen molar-refractivity contribution >= 4 is 38.4 Å². The van der Waals surface area contributed by atoms with Gasteiger partial charge in [-0.2, -0.15) is 0 Å². The molecule has 0 spiro atoms. The lowest BCUT2D eigenvalue weighted by molar-refractivity contribution is -0.133. The van der Waals surface area contributed by atoms with Crippen LogP contribution in [0.2, 0.25) is 0 Å². The summed E-state index contributed by atoms with van der Waals surface area (Å²) in [7, 11) is -3.58. The molecule has 0 saturated carbocycles. The zero-order valence-corrected chi connectivity index (χ0v) is 16.6. The zero-order chi connectivity index (χ0) is 18.6. The molecule has 6 heteroatoms. The van der Waals surface area contributed by atoms with Crippen molar-refractivity contribution in [2.75, 3.05) is 0 Å². The standard InChI is InChI=1S/C20H15IO4S/c21-16-5-4-8-19(14-16)26(23,24)18-11-9-15(10-12-18)13-20(22)25-17-6-2-1-3-7-17/h1-12,14H,13H2. The summed E-state index contributed by atoms with van der Waals surface area (Å²) in [6, 6.07) is 21.8. The molecule has 3 aromatic carbocycles. The fourth-order valence-corrected chi connectivity index (χ4v) is 4.44. The van der Waals surface area contributed by atoms with E-state index in [0.29, 0.717) is 11.3 Å². The van der Waals surface area contributed by atoms with Gasteiger partial charge in [-0.05, 0) is 70.6 Å². The van der Waals surface area contributed by atoms with E-state index < -0.39 is 15.8 Å². The van der Waals surface area contributed by atoms with Gasteiger partial charge in [0, 0.05) is 3.57 Å². The highest BCUT2D eigenvalue weighted by molar-refractivity contribution is 14.1. The predicted octanol–water partition coefficient (Wildman–Crippen LogP) is 4.27.